The van der Waals surface area contributed by atoms with Gasteiger partial charge in [-0.2, -0.15) is 0 Å². The van der Waals surface area contributed by atoms with Crippen molar-refractivity contribution in [2.45, 2.75) is 25.7 Å². The molecule has 0 saturated carbocycles. The van der Waals surface area contributed by atoms with Gasteiger partial charge in [-0.25, -0.2) is 8.42 Å². The third kappa shape index (κ3) is 3.52. The van der Waals surface area contributed by atoms with Gasteiger partial charge in [-0.1, -0.05) is 24.3 Å². The molecule has 1 amide bonds. The number of amides is 1. The summed E-state index contributed by atoms with van der Waals surface area (Å²) < 4.78 is 34.5. The lowest BCUT2D eigenvalue weighted by Crippen LogP contribution is -2.29. The molecule has 1 aliphatic rings. The molecular formula is C23H22N2O4S. The van der Waals surface area contributed by atoms with Crippen molar-refractivity contribution in [3.8, 4) is 11.5 Å². The number of carbonyl (C=O) groups is 1. The minimum atomic E-state index is -3.81. The number of rotatable bonds is 4. The van der Waals surface area contributed by atoms with Crippen molar-refractivity contribution < 1.29 is 17.9 Å². The fourth-order valence-corrected chi connectivity index (χ4v) is 4.89. The second-order valence-electron chi connectivity index (χ2n) is 7.20. The van der Waals surface area contributed by atoms with Crippen LogP contribution in [0.1, 0.15) is 28.4 Å². The number of benzene rings is 3. The monoisotopic (exact) mass is 422 g/mol. The number of aryl methyl sites for hydroxylation is 2. The van der Waals surface area contributed by atoms with Gasteiger partial charge >= 0.3 is 0 Å². The topological polar surface area (TPSA) is 75.7 Å². The molecule has 3 aromatic carbocycles. The molecule has 0 aromatic heterocycles. The third-order valence-electron chi connectivity index (χ3n) is 5.03. The van der Waals surface area contributed by atoms with Gasteiger partial charge in [-0.15, -0.1) is 0 Å². The lowest BCUT2D eigenvalue weighted by atomic mass is 10.1. The second-order valence-corrected chi connectivity index (χ2v) is 8.86. The van der Waals surface area contributed by atoms with E-state index in [0.717, 1.165) is 5.56 Å². The van der Waals surface area contributed by atoms with Gasteiger partial charge in [-0.3, -0.25) is 9.52 Å². The van der Waals surface area contributed by atoms with Crippen molar-refractivity contribution in [1.29, 1.82) is 0 Å². The zero-order valence-electron chi connectivity index (χ0n) is 17.0. The quantitative estimate of drug-likeness (QED) is 0.650. The maximum Gasteiger partial charge on any atom is 0.262 e. The van der Waals surface area contributed by atoms with E-state index < -0.39 is 10.0 Å². The number of hydrogen-bond donors (Lipinski definition) is 1. The number of para-hydroxylation sites is 2. The van der Waals surface area contributed by atoms with E-state index in [1.54, 1.807) is 42.2 Å². The first-order valence-corrected chi connectivity index (χ1v) is 11.1. The third-order valence-corrected chi connectivity index (χ3v) is 6.56. The zero-order valence-corrected chi connectivity index (χ0v) is 17.8. The molecule has 1 aliphatic heterocycles. The van der Waals surface area contributed by atoms with Crippen LogP contribution in [0.15, 0.2) is 65.6 Å². The van der Waals surface area contributed by atoms with E-state index in [1.807, 2.05) is 38.1 Å². The Kier molecular flexibility index (Phi) is 4.99. The predicted octanol–water partition coefficient (Wildman–Crippen LogP) is 4.88. The van der Waals surface area contributed by atoms with E-state index in [9.17, 15) is 13.2 Å². The van der Waals surface area contributed by atoms with Crippen molar-refractivity contribution in [3.05, 3.63) is 77.4 Å². The highest BCUT2D eigenvalue weighted by atomic mass is 32.2. The summed E-state index contributed by atoms with van der Waals surface area (Å²) in [5, 5.41) is 0. The van der Waals surface area contributed by atoms with Gasteiger partial charge in [0.2, 0.25) is 0 Å². The number of ether oxygens (including phenoxy) is 1. The highest BCUT2D eigenvalue weighted by Gasteiger charge is 2.28. The standard InChI is InChI=1S/C23H22N2O4S/c1-4-25-19-7-5-6-8-21(19)29-20-12-11-17(14-18(20)23(25)26)24-30(27,28)22-13-15(2)9-10-16(22)3/h5-14,24H,4H2,1-3H3. The molecule has 3 aromatic rings. The number of carbonyl (C=O) groups excluding carboxylic acids is 1. The van der Waals surface area contributed by atoms with Gasteiger partial charge in [0.15, 0.2) is 5.75 Å². The Morgan fingerprint density at radius 2 is 1.73 bits per heavy atom. The van der Waals surface area contributed by atoms with Crippen LogP contribution in [0.3, 0.4) is 0 Å². The van der Waals surface area contributed by atoms with Crippen LogP contribution in [0.2, 0.25) is 0 Å². The van der Waals surface area contributed by atoms with Crippen LogP contribution in [-0.2, 0) is 10.0 Å². The van der Waals surface area contributed by atoms with Crippen LogP contribution in [-0.4, -0.2) is 20.9 Å². The maximum absolute atomic E-state index is 13.2. The normalized spacial score (nSPS) is 13.2. The highest BCUT2D eigenvalue weighted by molar-refractivity contribution is 7.92. The smallest absolute Gasteiger partial charge is 0.262 e. The average Bonchev–Trinajstić information content (AvgIpc) is 2.83. The summed E-state index contributed by atoms with van der Waals surface area (Å²) in [5.74, 6) is 0.721. The first-order chi connectivity index (χ1) is 14.3. The van der Waals surface area contributed by atoms with Crippen molar-refractivity contribution in [2.24, 2.45) is 0 Å². The van der Waals surface area contributed by atoms with Gasteiger partial charge in [-0.05, 0) is 68.3 Å². The van der Waals surface area contributed by atoms with Crippen LogP contribution in [0.4, 0.5) is 11.4 Å². The molecule has 0 fully saturated rings. The molecule has 6 nitrogen and oxygen atoms in total. The summed E-state index contributed by atoms with van der Waals surface area (Å²) in [4.78, 5) is 15.0. The minimum absolute atomic E-state index is 0.211. The molecule has 0 radical (unpaired) electrons. The predicted molar refractivity (Wildman–Crippen MR) is 117 cm³/mol. The van der Waals surface area contributed by atoms with Crippen molar-refractivity contribution in [1.82, 2.24) is 0 Å². The molecule has 4 rings (SSSR count). The van der Waals surface area contributed by atoms with E-state index in [0.29, 0.717) is 40.5 Å². The molecule has 154 valence electrons. The lowest BCUT2D eigenvalue weighted by molar-refractivity contribution is 0.0988. The Hall–Kier alpha value is -3.32. The SMILES string of the molecule is CCN1C(=O)c2cc(NS(=O)(=O)c3cc(C)ccc3C)ccc2Oc2ccccc21. The van der Waals surface area contributed by atoms with E-state index in [4.69, 9.17) is 4.74 Å². The average molecular weight is 423 g/mol. The van der Waals surface area contributed by atoms with Crippen LogP contribution in [0.25, 0.3) is 0 Å². The fourth-order valence-electron chi connectivity index (χ4n) is 3.51. The summed E-state index contributed by atoms with van der Waals surface area (Å²) in [6, 6.07) is 17.3. The number of anilines is 2. The zero-order chi connectivity index (χ0) is 21.5. The Morgan fingerprint density at radius 1 is 0.967 bits per heavy atom. The van der Waals surface area contributed by atoms with Gasteiger partial charge in [0.1, 0.15) is 5.75 Å². The van der Waals surface area contributed by atoms with E-state index >= 15 is 0 Å². The molecule has 0 aliphatic carbocycles. The molecule has 0 bridgehead atoms. The van der Waals surface area contributed by atoms with E-state index in [-0.39, 0.29) is 10.8 Å². The van der Waals surface area contributed by atoms with Crippen LogP contribution < -0.4 is 14.4 Å². The van der Waals surface area contributed by atoms with Gasteiger partial charge < -0.3 is 9.64 Å². The Balaban J connectivity index is 1.74. The first-order valence-electron chi connectivity index (χ1n) is 9.63. The molecule has 0 unspecified atom stereocenters. The molecular weight excluding hydrogens is 400 g/mol. The van der Waals surface area contributed by atoms with Crippen LogP contribution >= 0.6 is 0 Å². The highest BCUT2D eigenvalue weighted by Crippen LogP contribution is 2.39. The number of hydrogen-bond acceptors (Lipinski definition) is 4. The van der Waals surface area contributed by atoms with Crippen molar-refractivity contribution >= 4 is 27.3 Å². The summed E-state index contributed by atoms with van der Waals surface area (Å²) in [6.45, 7) is 5.93. The molecule has 0 saturated heterocycles. The van der Waals surface area contributed by atoms with Crippen molar-refractivity contribution in [3.63, 3.8) is 0 Å². The molecule has 0 atom stereocenters. The molecule has 1 N–H and O–H groups in total. The molecule has 7 heteroatoms. The number of nitrogens with one attached hydrogen (secondary N) is 1. The summed E-state index contributed by atoms with van der Waals surface area (Å²) in [6.07, 6.45) is 0. The number of nitrogens with zero attached hydrogens (tertiary/aromatic N) is 1. The summed E-state index contributed by atoms with van der Waals surface area (Å²) >= 11 is 0. The van der Waals surface area contributed by atoms with Gasteiger partial charge in [0, 0.05) is 12.2 Å². The van der Waals surface area contributed by atoms with Gasteiger partial charge in [0.25, 0.3) is 15.9 Å². The first kappa shape index (κ1) is 20.0. The Morgan fingerprint density at radius 3 is 2.50 bits per heavy atom. The molecule has 0 spiro atoms. The maximum atomic E-state index is 13.2. The van der Waals surface area contributed by atoms with E-state index in [1.165, 1.54) is 6.07 Å². The summed E-state index contributed by atoms with van der Waals surface area (Å²) in [7, 11) is -3.81. The lowest BCUT2D eigenvalue weighted by Gasteiger charge is -2.20. The molecule has 30 heavy (non-hydrogen) atoms. The van der Waals surface area contributed by atoms with Gasteiger partial charge in [0.05, 0.1) is 16.1 Å². The number of fused-ring (bicyclic) bond motifs is 2. The second kappa shape index (κ2) is 7.50. The van der Waals surface area contributed by atoms with Crippen LogP contribution in [0.5, 0.6) is 11.5 Å². The Labute approximate surface area is 176 Å². The van der Waals surface area contributed by atoms with Crippen LogP contribution in [0, 0.1) is 13.8 Å². The largest absolute Gasteiger partial charge is 0.454 e. The minimum Gasteiger partial charge on any atom is -0.454 e. The fraction of sp³-hybridized carbons (Fsp3) is 0.174. The number of sulfonamides is 1. The Bertz CT molecular complexity index is 1250. The van der Waals surface area contributed by atoms with E-state index in [2.05, 4.69) is 4.72 Å². The van der Waals surface area contributed by atoms with Crippen molar-refractivity contribution in [2.75, 3.05) is 16.2 Å². The summed E-state index contributed by atoms with van der Waals surface area (Å²) in [5.41, 5.74) is 2.78. The molecule has 1 heterocycles.